The first-order valence-electron chi connectivity index (χ1n) is 8.88. The Labute approximate surface area is 169 Å². The minimum Gasteiger partial charge on any atom is -0.435 e. The third-order valence-electron chi connectivity index (χ3n) is 4.52. The van der Waals surface area contributed by atoms with E-state index in [1.54, 1.807) is 24.3 Å². The molecule has 0 radical (unpaired) electrons. The van der Waals surface area contributed by atoms with Gasteiger partial charge in [0.05, 0.1) is 16.8 Å². The molecule has 1 heterocycles. The molecule has 0 aliphatic carbocycles. The molecular weight excluding hydrogens is 394 g/mol. The average Bonchev–Trinajstić information content (AvgIpc) is 3.00. The lowest BCUT2D eigenvalue weighted by Gasteiger charge is -2.14. The molecule has 0 saturated heterocycles. The number of alkyl halides is 2. The molecule has 8 heteroatoms. The van der Waals surface area contributed by atoms with E-state index >= 15 is 0 Å². The number of carbonyl (C=O) groups excluding carboxylic acids is 3. The first-order chi connectivity index (χ1) is 14.4. The van der Waals surface area contributed by atoms with Gasteiger partial charge >= 0.3 is 6.61 Å². The summed E-state index contributed by atoms with van der Waals surface area (Å²) in [4.78, 5) is 38.5. The van der Waals surface area contributed by atoms with Gasteiger partial charge in [0.15, 0.2) is 0 Å². The first kappa shape index (κ1) is 19.3. The highest BCUT2D eigenvalue weighted by Crippen LogP contribution is 2.28. The van der Waals surface area contributed by atoms with E-state index in [0.717, 1.165) is 4.90 Å². The van der Waals surface area contributed by atoms with Crippen LogP contribution in [0.4, 0.5) is 20.2 Å². The fraction of sp³-hybridized carbons (Fsp3) is 0.0455. The van der Waals surface area contributed by atoms with Crippen molar-refractivity contribution in [3.05, 3.63) is 89.5 Å². The predicted octanol–water partition coefficient (Wildman–Crippen LogP) is 4.34. The number of nitrogens with zero attached hydrogens (tertiary/aromatic N) is 1. The third-order valence-corrected chi connectivity index (χ3v) is 4.52. The molecule has 6 nitrogen and oxygen atoms in total. The van der Waals surface area contributed by atoms with E-state index < -0.39 is 24.3 Å². The second-order valence-corrected chi connectivity index (χ2v) is 6.40. The second kappa shape index (κ2) is 7.75. The van der Waals surface area contributed by atoms with Gasteiger partial charge in [-0.3, -0.25) is 14.4 Å². The Kier molecular flexibility index (Phi) is 4.97. The first-order valence-corrected chi connectivity index (χ1v) is 8.88. The number of amides is 3. The monoisotopic (exact) mass is 408 g/mol. The predicted molar refractivity (Wildman–Crippen MR) is 105 cm³/mol. The minimum atomic E-state index is -2.92. The molecule has 0 saturated carbocycles. The maximum Gasteiger partial charge on any atom is 0.387 e. The van der Waals surface area contributed by atoms with Crippen LogP contribution in [0.15, 0.2) is 72.8 Å². The Hall–Kier alpha value is -4.07. The summed E-state index contributed by atoms with van der Waals surface area (Å²) in [7, 11) is 0. The molecule has 4 rings (SSSR count). The summed E-state index contributed by atoms with van der Waals surface area (Å²) >= 11 is 0. The summed E-state index contributed by atoms with van der Waals surface area (Å²) in [6.45, 7) is -2.92. The summed E-state index contributed by atoms with van der Waals surface area (Å²) < 4.78 is 28.6. The van der Waals surface area contributed by atoms with E-state index in [-0.39, 0.29) is 5.75 Å². The molecule has 3 aromatic rings. The van der Waals surface area contributed by atoms with Gasteiger partial charge in [0.2, 0.25) is 0 Å². The van der Waals surface area contributed by atoms with Gasteiger partial charge in [-0.15, -0.1) is 0 Å². The van der Waals surface area contributed by atoms with Crippen molar-refractivity contribution in [3.63, 3.8) is 0 Å². The number of anilines is 2. The number of halogens is 2. The van der Waals surface area contributed by atoms with Crippen LogP contribution in [-0.4, -0.2) is 24.3 Å². The number of carbonyl (C=O) groups is 3. The highest BCUT2D eigenvalue weighted by molar-refractivity contribution is 6.34. The van der Waals surface area contributed by atoms with Crippen LogP contribution in [0.5, 0.6) is 5.75 Å². The lowest BCUT2D eigenvalue weighted by Crippen LogP contribution is -2.29. The summed E-state index contributed by atoms with van der Waals surface area (Å²) in [6.07, 6.45) is 0. The van der Waals surface area contributed by atoms with Crippen LogP contribution >= 0.6 is 0 Å². The Morgan fingerprint density at radius 2 is 1.40 bits per heavy atom. The van der Waals surface area contributed by atoms with Gasteiger partial charge in [0.25, 0.3) is 17.7 Å². The van der Waals surface area contributed by atoms with Crippen LogP contribution in [0.3, 0.4) is 0 Å². The van der Waals surface area contributed by atoms with Crippen molar-refractivity contribution in [2.75, 3.05) is 10.2 Å². The van der Waals surface area contributed by atoms with Crippen LogP contribution in [-0.2, 0) is 0 Å². The molecule has 1 aliphatic heterocycles. The average molecular weight is 408 g/mol. The Bertz CT molecular complexity index is 1090. The zero-order chi connectivity index (χ0) is 21.3. The molecule has 0 unspecified atom stereocenters. The number of benzene rings is 3. The fourth-order valence-electron chi connectivity index (χ4n) is 3.11. The van der Waals surface area contributed by atoms with Gasteiger partial charge in [0, 0.05) is 11.3 Å². The molecule has 0 aromatic heterocycles. The molecule has 30 heavy (non-hydrogen) atoms. The van der Waals surface area contributed by atoms with Crippen molar-refractivity contribution < 1.29 is 27.9 Å². The smallest absolute Gasteiger partial charge is 0.387 e. The summed E-state index contributed by atoms with van der Waals surface area (Å²) in [5.41, 5.74) is 1.72. The maximum absolute atomic E-state index is 12.5. The van der Waals surface area contributed by atoms with E-state index in [0.29, 0.717) is 28.1 Å². The number of hydrogen-bond donors (Lipinski definition) is 1. The molecule has 0 bridgehead atoms. The van der Waals surface area contributed by atoms with Crippen molar-refractivity contribution in [2.45, 2.75) is 6.61 Å². The van der Waals surface area contributed by atoms with Crippen LogP contribution in [0.1, 0.15) is 31.1 Å². The normalized spacial score (nSPS) is 12.8. The van der Waals surface area contributed by atoms with Crippen molar-refractivity contribution >= 4 is 29.1 Å². The van der Waals surface area contributed by atoms with Gasteiger partial charge in [0.1, 0.15) is 5.75 Å². The molecule has 3 aromatic carbocycles. The Morgan fingerprint density at radius 3 is 1.93 bits per heavy atom. The zero-order valence-corrected chi connectivity index (χ0v) is 15.3. The quantitative estimate of drug-likeness (QED) is 0.638. The summed E-state index contributed by atoms with van der Waals surface area (Å²) in [5.74, 6) is -1.29. The number of imide groups is 1. The highest BCUT2D eigenvalue weighted by Gasteiger charge is 2.36. The SMILES string of the molecule is O=C(Nc1ccc(OC(F)F)cc1)c1ccc(N2C(=O)c3ccccc3C2=O)cc1. The topological polar surface area (TPSA) is 75.7 Å². The molecule has 3 amide bonds. The van der Waals surface area contributed by atoms with Gasteiger partial charge in [-0.05, 0) is 60.7 Å². The molecule has 1 aliphatic rings. The van der Waals surface area contributed by atoms with Gasteiger partial charge in [-0.25, -0.2) is 4.90 Å². The van der Waals surface area contributed by atoms with Crippen LogP contribution < -0.4 is 15.0 Å². The molecule has 150 valence electrons. The highest BCUT2D eigenvalue weighted by atomic mass is 19.3. The van der Waals surface area contributed by atoms with E-state index in [9.17, 15) is 23.2 Å². The molecule has 0 spiro atoms. The number of fused-ring (bicyclic) bond motifs is 1. The number of rotatable bonds is 5. The van der Waals surface area contributed by atoms with Gasteiger partial charge in [-0.2, -0.15) is 8.78 Å². The van der Waals surface area contributed by atoms with Crippen molar-refractivity contribution in [3.8, 4) is 5.75 Å². The van der Waals surface area contributed by atoms with Gasteiger partial charge in [-0.1, -0.05) is 12.1 Å². The molecule has 1 N–H and O–H groups in total. The lowest BCUT2D eigenvalue weighted by atomic mass is 10.1. The summed E-state index contributed by atoms with van der Waals surface area (Å²) in [6, 6.07) is 18.0. The van der Waals surface area contributed by atoms with E-state index in [4.69, 9.17) is 0 Å². The number of hydrogen-bond acceptors (Lipinski definition) is 4. The molecular formula is C22H14F2N2O4. The lowest BCUT2D eigenvalue weighted by molar-refractivity contribution is -0.0498. The largest absolute Gasteiger partial charge is 0.435 e. The van der Waals surface area contributed by atoms with E-state index in [2.05, 4.69) is 10.1 Å². The van der Waals surface area contributed by atoms with Crippen LogP contribution in [0.2, 0.25) is 0 Å². The molecule has 0 atom stereocenters. The number of nitrogens with one attached hydrogen (secondary N) is 1. The Balaban J connectivity index is 1.47. The van der Waals surface area contributed by atoms with Crippen molar-refractivity contribution in [2.24, 2.45) is 0 Å². The van der Waals surface area contributed by atoms with Gasteiger partial charge < -0.3 is 10.1 Å². The maximum atomic E-state index is 12.5. The second-order valence-electron chi connectivity index (χ2n) is 6.40. The Morgan fingerprint density at radius 1 is 0.833 bits per heavy atom. The third kappa shape index (κ3) is 3.62. The van der Waals surface area contributed by atoms with Crippen LogP contribution in [0.25, 0.3) is 0 Å². The summed E-state index contributed by atoms with van der Waals surface area (Å²) in [5, 5.41) is 2.63. The molecule has 0 fully saturated rings. The number of ether oxygens (including phenoxy) is 1. The zero-order valence-electron chi connectivity index (χ0n) is 15.3. The fourth-order valence-corrected chi connectivity index (χ4v) is 3.11. The minimum absolute atomic E-state index is 0.0201. The van der Waals surface area contributed by atoms with Crippen LogP contribution in [0, 0.1) is 0 Å². The van der Waals surface area contributed by atoms with E-state index in [1.165, 1.54) is 48.5 Å². The standard InChI is InChI=1S/C22H14F2N2O4/c23-22(24)30-16-11-7-14(8-12-16)25-19(27)13-5-9-15(10-6-13)26-20(28)17-3-1-2-4-18(17)21(26)29/h1-12,22H,(H,25,27). The van der Waals surface area contributed by atoms with Crippen molar-refractivity contribution in [1.29, 1.82) is 0 Å². The van der Waals surface area contributed by atoms with Crippen molar-refractivity contribution in [1.82, 2.24) is 0 Å². The van der Waals surface area contributed by atoms with E-state index in [1.807, 2.05) is 0 Å².